The van der Waals surface area contributed by atoms with Crippen molar-refractivity contribution in [2.24, 2.45) is 11.7 Å². The quantitative estimate of drug-likeness (QED) is 0.928. The Kier molecular flexibility index (Phi) is 4.12. The maximum Gasteiger partial charge on any atom is 0.228 e. The summed E-state index contributed by atoms with van der Waals surface area (Å²) in [6.07, 6.45) is 7.38. The first-order valence-electron chi connectivity index (χ1n) is 6.92. The van der Waals surface area contributed by atoms with E-state index in [1.165, 1.54) is 25.7 Å². The van der Waals surface area contributed by atoms with E-state index in [4.69, 9.17) is 10.3 Å². The predicted octanol–water partition coefficient (Wildman–Crippen LogP) is 2.95. The molecule has 20 heavy (non-hydrogen) atoms. The number of nitrogens with zero attached hydrogens (tertiary/aromatic N) is 3. The van der Waals surface area contributed by atoms with E-state index in [1.54, 1.807) is 6.20 Å². The highest BCUT2D eigenvalue weighted by Crippen LogP contribution is 2.28. The van der Waals surface area contributed by atoms with Gasteiger partial charge in [0.15, 0.2) is 0 Å². The molecule has 0 aliphatic heterocycles. The topological polar surface area (TPSA) is 77.8 Å². The number of hydrogen-bond donors (Lipinski definition) is 1. The number of hydrogen-bond acceptors (Lipinski definition) is 5. The van der Waals surface area contributed by atoms with Crippen LogP contribution in [0.15, 0.2) is 27.3 Å². The molecule has 1 unspecified atom stereocenters. The third kappa shape index (κ3) is 3.07. The van der Waals surface area contributed by atoms with E-state index in [0.717, 1.165) is 4.47 Å². The molecule has 6 heteroatoms. The van der Waals surface area contributed by atoms with Gasteiger partial charge in [-0.05, 0) is 46.8 Å². The van der Waals surface area contributed by atoms with Crippen LogP contribution in [0.2, 0.25) is 0 Å². The zero-order valence-corrected chi connectivity index (χ0v) is 12.7. The van der Waals surface area contributed by atoms with Gasteiger partial charge in [-0.2, -0.15) is 4.98 Å². The highest BCUT2D eigenvalue weighted by atomic mass is 79.9. The minimum atomic E-state index is 0.115. The third-order valence-electron chi connectivity index (χ3n) is 3.84. The lowest BCUT2D eigenvalue weighted by molar-refractivity contribution is 0.341. The molecule has 1 atom stereocenters. The van der Waals surface area contributed by atoms with E-state index >= 15 is 0 Å². The number of halogens is 1. The Hall–Kier alpha value is -1.27. The number of rotatable bonds is 4. The van der Waals surface area contributed by atoms with Crippen LogP contribution in [0.5, 0.6) is 0 Å². The van der Waals surface area contributed by atoms with Crippen LogP contribution in [0.1, 0.15) is 31.6 Å². The second-order valence-corrected chi connectivity index (χ2v) is 6.20. The summed E-state index contributed by atoms with van der Waals surface area (Å²) < 4.78 is 6.21. The maximum atomic E-state index is 6.23. The van der Waals surface area contributed by atoms with Gasteiger partial charge >= 0.3 is 0 Å². The third-order valence-corrected chi connectivity index (χ3v) is 4.31. The lowest BCUT2D eigenvalue weighted by atomic mass is 9.96. The van der Waals surface area contributed by atoms with E-state index < -0.39 is 0 Å². The molecular formula is C14H17BrN4O. The van der Waals surface area contributed by atoms with Crippen molar-refractivity contribution in [2.45, 2.75) is 38.1 Å². The SMILES string of the molecule is NC(Cc1nc(-c2ccc(Br)cn2)no1)C1CCCC1. The van der Waals surface area contributed by atoms with Crippen molar-refractivity contribution < 1.29 is 4.52 Å². The van der Waals surface area contributed by atoms with Gasteiger partial charge in [0, 0.05) is 23.1 Å². The van der Waals surface area contributed by atoms with Gasteiger partial charge < -0.3 is 10.3 Å². The Morgan fingerprint density at radius 1 is 1.35 bits per heavy atom. The van der Waals surface area contributed by atoms with Crippen LogP contribution in [0.4, 0.5) is 0 Å². The Bertz CT molecular complexity index is 563. The van der Waals surface area contributed by atoms with Crippen LogP contribution >= 0.6 is 15.9 Å². The van der Waals surface area contributed by atoms with Crippen LogP contribution in [0.25, 0.3) is 11.5 Å². The second-order valence-electron chi connectivity index (χ2n) is 5.29. The monoisotopic (exact) mass is 336 g/mol. The first-order chi connectivity index (χ1) is 9.72. The first-order valence-corrected chi connectivity index (χ1v) is 7.72. The fourth-order valence-electron chi connectivity index (χ4n) is 2.70. The average molecular weight is 337 g/mol. The molecule has 5 nitrogen and oxygen atoms in total. The molecule has 1 aliphatic rings. The molecule has 1 fully saturated rings. The summed E-state index contributed by atoms with van der Waals surface area (Å²) in [5.74, 6) is 1.71. The fourth-order valence-corrected chi connectivity index (χ4v) is 2.94. The second kappa shape index (κ2) is 6.01. The minimum Gasteiger partial charge on any atom is -0.339 e. The van der Waals surface area contributed by atoms with E-state index in [-0.39, 0.29) is 6.04 Å². The van der Waals surface area contributed by atoms with Gasteiger partial charge in [-0.25, -0.2) is 0 Å². The van der Waals surface area contributed by atoms with E-state index in [2.05, 4.69) is 31.1 Å². The summed E-state index contributed by atoms with van der Waals surface area (Å²) >= 11 is 3.35. The first kappa shape index (κ1) is 13.7. The molecule has 2 N–H and O–H groups in total. The van der Waals surface area contributed by atoms with E-state index in [9.17, 15) is 0 Å². The van der Waals surface area contributed by atoms with E-state index in [0.29, 0.717) is 29.7 Å². The molecule has 106 valence electrons. The number of pyridine rings is 1. The Morgan fingerprint density at radius 2 is 2.15 bits per heavy atom. The Morgan fingerprint density at radius 3 is 2.85 bits per heavy atom. The summed E-state index contributed by atoms with van der Waals surface area (Å²) in [5.41, 5.74) is 6.94. The number of aromatic nitrogens is 3. The van der Waals surface area contributed by atoms with Crippen LogP contribution in [-0.2, 0) is 6.42 Å². The normalized spacial score (nSPS) is 17.5. The van der Waals surface area contributed by atoms with Gasteiger partial charge in [0.2, 0.25) is 11.7 Å². The zero-order chi connectivity index (χ0) is 13.9. The van der Waals surface area contributed by atoms with Crippen molar-refractivity contribution in [3.05, 3.63) is 28.7 Å². The Labute approximate surface area is 126 Å². The Balaban J connectivity index is 1.68. The van der Waals surface area contributed by atoms with Crippen LogP contribution < -0.4 is 5.73 Å². The van der Waals surface area contributed by atoms with Gasteiger partial charge in [-0.15, -0.1) is 0 Å². The summed E-state index contributed by atoms with van der Waals surface area (Å²) in [6.45, 7) is 0. The van der Waals surface area contributed by atoms with Crippen molar-refractivity contribution in [3.8, 4) is 11.5 Å². The predicted molar refractivity (Wildman–Crippen MR) is 78.9 cm³/mol. The molecule has 2 heterocycles. The summed E-state index contributed by atoms with van der Waals surface area (Å²) in [4.78, 5) is 8.64. The van der Waals surface area contributed by atoms with Gasteiger partial charge in [-0.1, -0.05) is 18.0 Å². The van der Waals surface area contributed by atoms with Crippen molar-refractivity contribution in [1.29, 1.82) is 0 Å². The lowest BCUT2D eigenvalue weighted by Gasteiger charge is -2.16. The average Bonchev–Trinajstić information content (AvgIpc) is 3.10. The summed E-state index contributed by atoms with van der Waals surface area (Å²) in [7, 11) is 0. The molecule has 1 aliphatic carbocycles. The number of nitrogens with two attached hydrogens (primary N) is 1. The molecule has 0 radical (unpaired) electrons. The van der Waals surface area contributed by atoms with E-state index in [1.807, 2.05) is 12.1 Å². The smallest absolute Gasteiger partial charge is 0.228 e. The summed E-state index contributed by atoms with van der Waals surface area (Å²) in [6, 6.07) is 3.88. The molecule has 3 rings (SSSR count). The van der Waals surface area contributed by atoms with Crippen molar-refractivity contribution in [2.75, 3.05) is 0 Å². The largest absolute Gasteiger partial charge is 0.339 e. The molecule has 0 saturated heterocycles. The molecule has 1 saturated carbocycles. The minimum absolute atomic E-state index is 0.115. The highest BCUT2D eigenvalue weighted by molar-refractivity contribution is 9.10. The van der Waals surface area contributed by atoms with Crippen molar-refractivity contribution >= 4 is 15.9 Å². The molecule has 2 aromatic rings. The van der Waals surface area contributed by atoms with Gasteiger partial charge in [0.05, 0.1) is 0 Å². The highest BCUT2D eigenvalue weighted by Gasteiger charge is 2.24. The lowest BCUT2D eigenvalue weighted by Crippen LogP contribution is -2.30. The van der Waals surface area contributed by atoms with Crippen molar-refractivity contribution in [1.82, 2.24) is 15.1 Å². The molecule has 2 aromatic heterocycles. The molecule has 0 amide bonds. The van der Waals surface area contributed by atoms with Crippen LogP contribution in [-0.4, -0.2) is 21.2 Å². The van der Waals surface area contributed by atoms with Crippen molar-refractivity contribution in [3.63, 3.8) is 0 Å². The fraction of sp³-hybridized carbons (Fsp3) is 0.500. The van der Waals surface area contributed by atoms with Crippen LogP contribution in [0, 0.1) is 5.92 Å². The zero-order valence-electron chi connectivity index (χ0n) is 11.1. The molecule has 0 spiro atoms. The standard InChI is InChI=1S/C14H17BrN4O/c15-10-5-6-12(17-8-10)14-18-13(20-19-14)7-11(16)9-3-1-2-4-9/h5-6,8-9,11H,1-4,7,16H2. The maximum absolute atomic E-state index is 6.23. The van der Waals surface area contributed by atoms with Crippen LogP contribution in [0.3, 0.4) is 0 Å². The molecule has 0 bridgehead atoms. The molecular weight excluding hydrogens is 320 g/mol. The van der Waals surface area contributed by atoms with Gasteiger partial charge in [0.25, 0.3) is 0 Å². The van der Waals surface area contributed by atoms with Gasteiger partial charge in [-0.3, -0.25) is 4.98 Å². The van der Waals surface area contributed by atoms with Gasteiger partial charge in [0.1, 0.15) is 5.69 Å². The molecule has 0 aromatic carbocycles. The summed E-state index contributed by atoms with van der Waals surface area (Å²) in [5, 5.41) is 3.98.